The molecule has 0 aliphatic heterocycles. The topological polar surface area (TPSA) is 109 Å². The van der Waals surface area contributed by atoms with E-state index in [0.717, 1.165) is 0 Å². The van der Waals surface area contributed by atoms with Crippen LogP contribution in [0.15, 0.2) is 0 Å². The molecule has 92 valence electrons. The molecule has 4 N–H and O–H groups in total. The highest BCUT2D eigenvalue weighted by Crippen LogP contribution is 2.08. The average Bonchev–Trinajstić information content (AvgIpc) is 2.17. The quantitative estimate of drug-likeness (QED) is 0.565. The number of hydrogen-bond acceptors (Lipinski definition) is 3. The van der Waals surface area contributed by atoms with Crippen molar-refractivity contribution in [2.75, 3.05) is 0 Å². The number of carboxylic acids is 1. The van der Waals surface area contributed by atoms with Crippen molar-refractivity contribution < 1.29 is 19.5 Å². The smallest absolute Gasteiger partial charge is 0.326 e. The number of rotatable bonds is 7. The van der Waals surface area contributed by atoms with Gasteiger partial charge in [-0.1, -0.05) is 13.8 Å². The van der Waals surface area contributed by atoms with Gasteiger partial charge in [-0.15, -0.1) is 0 Å². The Hall–Kier alpha value is -1.59. The molecule has 16 heavy (non-hydrogen) atoms. The molecule has 0 saturated heterocycles. The summed E-state index contributed by atoms with van der Waals surface area (Å²) >= 11 is 0. The minimum absolute atomic E-state index is 0.227. The summed E-state index contributed by atoms with van der Waals surface area (Å²) in [7, 11) is 0. The first-order valence-corrected chi connectivity index (χ1v) is 5.23. The number of aliphatic carboxylic acids is 1. The van der Waals surface area contributed by atoms with E-state index >= 15 is 0 Å². The summed E-state index contributed by atoms with van der Waals surface area (Å²) in [6, 6.07) is -1.23. The minimum Gasteiger partial charge on any atom is -0.480 e. The summed E-state index contributed by atoms with van der Waals surface area (Å²) in [5.41, 5.74) is 4.89. The molecule has 0 heterocycles. The SMILES string of the molecule is CCC(CC)C(=O)NC(CC(N)=O)C(=O)O. The first-order valence-electron chi connectivity index (χ1n) is 5.23. The van der Waals surface area contributed by atoms with Crippen LogP contribution in [0, 0.1) is 5.92 Å². The summed E-state index contributed by atoms with van der Waals surface area (Å²) in [5, 5.41) is 11.1. The fraction of sp³-hybridized carbons (Fsp3) is 0.700. The van der Waals surface area contributed by atoms with Gasteiger partial charge in [0.05, 0.1) is 6.42 Å². The zero-order valence-electron chi connectivity index (χ0n) is 9.53. The van der Waals surface area contributed by atoms with Crippen molar-refractivity contribution in [3.8, 4) is 0 Å². The third-order valence-electron chi connectivity index (χ3n) is 2.38. The molecule has 0 aliphatic carbocycles. The highest BCUT2D eigenvalue weighted by molar-refractivity contribution is 5.88. The highest BCUT2D eigenvalue weighted by atomic mass is 16.4. The van der Waals surface area contributed by atoms with E-state index in [-0.39, 0.29) is 18.2 Å². The molecule has 0 radical (unpaired) electrons. The highest BCUT2D eigenvalue weighted by Gasteiger charge is 2.24. The third-order valence-corrected chi connectivity index (χ3v) is 2.38. The third kappa shape index (κ3) is 4.77. The first-order chi connectivity index (χ1) is 7.42. The number of carbonyl (C=O) groups excluding carboxylic acids is 2. The standard InChI is InChI=1S/C10H18N2O4/c1-3-6(4-2)9(14)12-7(10(15)16)5-8(11)13/h6-7H,3-5H2,1-2H3,(H2,11,13)(H,12,14)(H,15,16). The largest absolute Gasteiger partial charge is 0.480 e. The number of primary amides is 1. The summed E-state index contributed by atoms with van der Waals surface area (Å²) in [6.07, 6.45) is 0.873. The lowest BCUT2D eigenvalue weighted by Crippen LogP contribution is -2.45. The molecule has 1 unspecified atom stereocenters. The van der Waals surface area contributed by atoms with Crippen LogP contribution in [0.1, 0.15) is 33.1 Å². The Kier molecular flexibility index (Phi) is 6.14. The number of amides is 2. The van der Waals surface area contributed by atoms with Gasteiger partial charge in [-0.25, -0.2) is 4.79 Å². The van der Waals surface area contributed by atoms with Crippen molar-refractivity contribution in [3.05, 3.63) is 0 Å². The van der Waals surface area contributed by atoms with E-state index in [1.165, 1.54) is 0 Å². The molecule has 0 aliphatic rings. The molecule has 0 rings (SSSR count). The van der Waals surface area contributed by atoms with Crippen LogP contribution < -0.4 is 11.1 Å². The Labute approximate surface area is 94.2 Å². The summed E-state index contributed by atoms with van der Waals surface area (Å²) in [5.74, 6) is -2.58. The molecule has 6 nitrogen and oxygen atoms in total. The monoisotopic (exact) mass is 230 g/mol. The summed E-state index contributed by atoms with van der Waals surface area (Å²) < 4.78 is 0. The van der Waals surface area contributed by atoms with E-state index < -0.39 is 17.9 Å². The van der Waals surface area contributed by atoms with Crippen LogP contribution in [0.5, 0.6) is 0 Å². The average molecular weight is 230 g/mol. The van der Waals surface area contributed by atoms with Gasteiger partial charge in [0.15, 0.2) is 0 Å². The molecule has 0 spiro atoms. The first kappa shape index (κ1) is 14.4. The van der Waals surface area contributed by atoms with Gasteiger partial charge in [0.2, 0.25) is 11.8 Å². The molecule has 0 fully saturated rings. The van der Waals surface area contributed by atoms with Crippen LogP contribution >= 0.6 is 0 Å². The molecule has 0 saturated carbocycles. The second-order valence-electron chi connectivity index (χ2n) is 3.58. The van der Waals surface area contributed by atoms with Gasteiger partial charge >= 0.3 is 5.97 Å². The van der Waals surface area contributed by atoms with Gasteiger partial charge < -0.3 is 16.2 Å². The summed E-state index contributed by atoms with van der Waals surface area (Å²) in [6.45, 7) is 3.69. The van der Waals surface area contributed by atoms with Crippen molar-refractivity contribution in [2.24, 2.45) is 11.7 Å². The molecular weight excluding hydrogens is 212 g/mol. The van der Waals surface area contributed by atoms with Crippen LogP contribution in [0.2, 0.25) is 0 Å². The zero-order valence-corrected chi connectivity index (χ0v) is 9.53. The molecule has 0 aromatic heterocycles. The molecule has 1 atom stereocenters. The fourth-order valence-electron chi connectivity index (χ4n) is 1.35. The normalized spacial score (nSPS) is 12.2. The van der Waals surface area contributed by atoms with Gasteiger partial charge in [-0.2, -0.15) is 0 Å². The molecule has 0 bridgehead atoms. The van der Waals surface area contributed by atoms with Gasteiger partial charge in [0.25, 0.3) is 0 Å². The number of carboxylic acid groups (broad SMARTS) is 1. The van der Waals surface area contributed by atoms with E-state index in [1.54, 1.807) is 0 Å². The van der Waals surface area contributed by atoms with E-state index in [9.17, 15) is 14.4 Å². The van der Waals surface area contributed by atoms with Crippen LogP contribution in [0.3, 0.4) is 0 Å². The Morgan fingerprint density at radius 1 is 1.25 bits per heavy atom. The molecule has 2 amide bonds. The predicted octanol–water partition coefficient (Wildman–Crippen LogP) is -0.133. The number of nitrogens with one attached hydrogen (secondary N) is 1. The Balaban J connectivity index is 4.44. The lowest BCUT2D eigenvalue weighted by molar-refractivity contribution is -0.144. The van der Waals surface area contributed by atoms with E-state index in [2.05, 4.69) is 5.32 Å². The Morgan fingerprint density at radius 2 is 1.75 bits per heavy atom. The lowest BCUT2D eigenvalue weighted by Gasteiger charge is -2.17. The van der Waals surface area contributed by atoms with Crippen LogP contribution in [0.4, 0.5) is 0 Å². The van der Waals surface area contributed by atoms with Crippen molar-refractivity contribution in [1.82, 2.24) is 5.32 Å². The van der Waals surface area contributed by atoms with E-state index in [1.807, 2.05) is 13.8 Å². The lowest BCUT2D eigenvalue weighted by atomic mass is 10.0. The van der Waals surface area contributed by atoms with Crippen LogP contribution in [0.25, 0.3) is 0 Å². The van der Waals surface area contributed by atoms with Gasteiger partial charge in [0, 0.05) is 5.92 Å². The molecule has 0 aromatic carbocycles. The number of carbonyl (C=O) groups is 3. The summed E-state index contributed by atoms with van der Waals surface area (Å²) in [4.78, 5) is 32.9. The Morgan fingerprint density at radius 3 is 2.06 bits per heavy atom. The number of hydrogen-bond donors (Lipinski definition) is 3. The second-order valence-corrected chi connectivity index (χ2v) is 3.58. The van der Waals surface area contributed by atoms with Crippen LogP contribution in [-0.2, 0) is 14.4 Å². The predicted molar refractivity (Wildman–Crippen MR) is 57.4 cm³/mol. The van der Waals surface area contributed by atoms with Crippen molar-refractivity contribution in [2.45, 2.75) is 39.2 Å². The maximum atomic E-state index is 11.6. The van der Waals surface area contributed by atoms with Gasteiger partial charge in [0.1, 0.15) is 6.04 Å². The van der Waals surface area contributed by atoms with Crippen LogP contribution in [-0.4, -0.2) is 28.9 Å². The molecule has 6 heteroatoms. The maximum absolute atomic E-state index is 11.6. The fourth-order valence-corrected chi connectivity index (χ4v) is 1.35. The zero-order chi connectivity index (χ0) is 12.7. The maximum Gasteiger partial charge on any atom is 0.326 e. The Bertz CT molecular complexity index is 274. The molecular formula is C10H18N2O4. The van der Waals surface area contributed by atoms with Gasteiger partial charge in [-0.3, -0.25) is 9.59 Å². The van der Waals surface area contributed by atoms with Gasteiger partial charge in [-0.05, 0) is 12.8 Å². The molecule has 0 aromatic rings. The minimum atomic E-state index is -1.25. The van der Waals surface area contributed by atoms with E-state index in [0.29, 0.717) is 12.8 Å². The van der Waals surface area contributed by atoms with Crippen molar-refractivity contribution >= 4 is 17.8 Å². The van der Waals surface area contributed by atoms with E-state index in [4.69, 9.17) is 10.8 Å². The second kappa shape index (κ2) is 6.81. The van der Waals surface area contributed by atoms with Crippen molar-refractivity contribution in [1.29, 1.82) is 0 Å². The van der Waals surface area contributed by atoms with Crippen molar-refractivity contribution in [3.63, 3.8) is 0 Å². The number of nitrogens with two attached hydrogens (primary N) is 1.